The van der Waals surface area contributed by atoms with Crippen LogP contribution in [0.4, 0.5) is 0 Å². The lowest BCUT2D eigenvalue weighted by Gasteiger charge is -2.32. The van der Waals surface area contributed by atoms with E-state index in [4.69, 9.17) is 9.47 Å². The largest absolute Gasteiger partial charge is 0.479 e. The lowest BCUT2D eigenvalue weighted by atomic mass is 9.94. The number of ether oxygens (including phenoxy) is 2. The highest BCUT2D eigenvalue weighted by Crippen LogP contribution is 2.33. The second-order valence-electron chi connectivity index (χ2n) is 5.43. The number of fused-ring (bicyclic) bond motifs is 1. The number of hydrogen-bond acceptors (Lipinski definition) is 4. The molecule has 0 saturated carbocycles. The van der Waals surface area contributed by atoms with Gasteiger partial charge in [0.1, 0.15) is 0 Å². The Morgan fingerprint density at radius 1 is 1.43 bits per heavy atom. The van der Waals surface area contributed by atoms with E-state index in [-0.39, 0.29) is 0 Å². The second kappa shape index (κ2) is 5.75. The van der Waals surface area contributed by atoms with Gasteiger partial charge in [-0.15, -0.1) is 11.3 Å². The Morgan fingerprint density at radius 3 is 3.00 bits per heavy atom. The summed E-state index contributed by atoms with van der Waals surface area (Å²) in [5.41, 5.74) is -0.743. The minimum Gasteiger partial charge on any atom is -0.479 e. The van der Waals surface area contributed by atoms with E-state index < -0.39 is 17.9 Å². The van der Waals surface area contributed by atoms with E-state index in [2.05, 4.69) is 0 Å². The van der Waals surface area contributed by atoms with Gasteiger partial charge >= 0.3 is 5.97 Å². The molecule has 1 N–H and O–H groups in total. The Hall–Kier alpha value is -1.43. The molecule has 1 fully saturated rings. The average molecular weight is 306 g/mol. The van der Waals surface area contributed by atoms with Crippen LogP contribution in [-0.2, 0) is 19.9 Å². The van der Waals surface area contributed by atoms with Crippen LogP contribution >= 0.6 is 11.3 Å². The third kappa shape index (κ3) is 2.81. The number of aliphatic carboxylic acids is 1. The van der Waals surface area contributed by atoms with Gasteiger partial charge in [-0.1, -0.05) is 6.07 Å². The van der Waals surface area contributed by atoms with Crippen molar-refractivity contribution in [2.45, 2.75) is 38.1 Å². The van der Waals surface area contributed by atoms with Gasteiger partial charge in [0.25, 0.3) is 0 Å². The van der Waals surface area contributed by atoms with E-state index >= 15 is 0 Å². The quantitative estimate of drug-likeness (QED) is 0.935. The predicted molar refractivity (Wildman–Crippen MR) is 81.5 cm³/mol. The summed E-state index contributed by atoms with van der Waals surface area (Å²) >= 11 is 1.64. The summed E-state index contributed by atoms with van der Waals surface area (Å²) in [7, 11) is 0. The number of carbonyl (C=O) groups is 1. The Labute approximate surface area is 127 Å². The highest BCUT2D eigenvalue weighted by molar-refractivity contribution is 7.17. The summed E-state index contributed by atoms with van der Waals surface area (Å²) in [6, 6.07) is 7.66. The van der Waals surface area contributed by atoms with E-state index in [1.807, 2.05) is 29.6 Å². The molecule has 1 aromatic carbocycles. The minimum absolute atomic E-state index is 0.446. The number of hydrogen-bond donors (Lipinski definition) is 1. The van der Waals surface area contributed by atoms with Crippen molar-refractivity contribution in [3.05, 3.63) is 35.2 Å². The summed E-state index contributed by atoms with van der Waals surface area (Å²) in [6.45, 7) is 2.23. The SMILES string of the molecule is CC(OC1CCCCO1)(C(=O)O)c1ccc2sccc2c1. The number of carboxylic acids is 1. The molecule has 2 atom stereocenters. The van der Waals surface area contributed by atoms with E-state index in [1.165, 1.54) is 0 Å². The van der Waals surface area contributed by atoms with E-state index in [1.54, 1.807) is 18.3 Å². The molecule has 5 heteroatoms. The Balaban J connectivity index is 1.92. The van der Waals surface area contributed by atoms with Crippen LogP contribution in [0.2, 0.25) is 0 Å². The van der Waals surface area contributed by atoms with Gasteiger partial charge in [-0.3, -0.25) is 0 Å². The van der Waals surface area contributed by atoms with Gasteiger partial charge < -0.3 is 14.6 Å². The zero-order valence-corrected chi connectivity index (χ0v) is 12.7. The summed E-state index contributed by atoms with van der Waals surface area (Å²) in [5, 5.41) is 12.7. The molecule has 1 saturated heterocycles. The third-order valence-corrected chi connectivity index (χ3v) is 4.81. The molecule has 1 aliphatic heterocycles. The lowest BCUT2D eigenvalue weighted by Crippen LogP contribution is -2.40. The average Bonchev–Trinajstić information content (AvgIpc) is 2.95. The molecule has 3 rings (SSSR count). The van der Waals surface area contributed by atoms with Crippen molar-refractivity contribution in [2.24, 2.45) is 0 Å². The molecule has 2 heterocycles. The molecule has 0 spiro atoms. The fourth-order valence-corrected chi connectivity index (χ4v) is 3.34. The van der Waals surface area contributed by atoms with Crippen LogP contribution in [0.3, 0.4) is 0 Å². The molecule has 4 nitrogen and oxygen atoms in total. The molecule has 1 aromatic heterocycles. The van der Waals surface area contributed by atoms with Crippen LogP contribution in [0.1, 0.15) is 31.7 Å². The first-order chi connectivity index (χ1) is 10.1. The van der Waals surface area contributed by atoms with E-state index in [0.717, 1.165) is 29.3 Å². The van der Waals surface area contributed by atoms with Crippen LogP contribution in [0.15, 0.2) is 29.6 Å². The van der Waals surface area contributed by atoms with Crippen molar-refractivity contribution in [3.8, 4) is 0 Å². The highest BCUT2D eigenvalue weighted by Gasteiger charge is 2.39. The van der Waals surface area contributed by atoms with Crippen molar-refractivity contribution in [1.29, 1.82) is 0 Å². The number of benzene rings is 1. The first-order valence-electron chi connectivity index (χ1n) is 7.10. The van der Waals surface area contributed by atoms with E-state index in [0.29, 0.717) is 12.2 Å². The number of thiophene rings is 1. The predicted octanol–water partition coefficient (Wildman–Crippen LogP) is 3.74. The number of carboxylic acid groups (broad SMARTS) is 1. The normalized spacial score (nSPS) is 22.0. The second-order valence-corrected chi connectivity index (χ2v) is 6.37. The first kappa shape index (κ1) is 14.5. The fourth-order valence-electron chi connectivity index (χ4n) is 2.57. The smallest absolute Gasteiger partial charge is 0.340 e. The van der Waals surface area contributed by atoms with Crippen LogP contribution in [0.5, 0.6) is 0 Å². The molecular weight excluding hydrogens is 288 g/mol. The first-order valence-corrected chi connectivity index (χ1v) is 7.98. The summed E-state index contributed by atoms with van der Waals surface area (Å²) < 4.78 is 12.5. The lowest BCUT2D eigenvalue weighted by molar-refractivity contribution is -0.231. The molecule has 2 aromatic rings. The molecular formula is C16H18O4S. The maximum atomic E-state index is 11.8. The van der Waals surface area contributed by atoms with Gasteiger partial charge in [0.05, 0.1) is 0 Å². The van der Waals surface area contributed by atoms with Gasteiger partial charge in [0.15, 0.2) is 11.9 Å². The van der Waals surface area contributed by atoms with Gasteiger partial charge in [0.2, 0.25) is 0 Å². The zero-order chi connectivity index (χ0) is 14.9. The van der Waals surface area contributed by atoms with E-state index in [9.17, 15) is 9.90 Å². The summed E-state index contributed by atoms with van der Waals surface area (Å²) in [5.74, 6) is -0.994. The van der Waals surface area contributed by atoms with Crippen LogP contribution in [0, 0.1) is 0 Å². The highest BCUT2D eigenvalue weighted by atomic mass is 32.1. The van der Waals surface area contributed by atoms with Gasteiger partial charge in [-0.2, -0.15) is 0 Å². The zero-order valence-electron chi connectivity index (χ0n) is 11.9. The van der Waals surface area contributed by atoms with Gasteiger partial charge in [-0.25, -0.2) is 4.79 Å². The Kier molecular flexibility index (Phi) is 3.97. The molecule has 0 bridgehead atoms. The fraction of sp³-hybridized carbons (Fsp3) is 0.438. The minimum atomic E-state index is -1.39. The van der Waals surface area contributed by atoms with Gasteiger partial charge in [-0.05, 0) is 60.7 Å². The Morgan fingerprint density at radius 2 is 2.29 bits per heavy atom. The van der Waals surface area contributed by atoms with Crippen molar-refractivity contribution >= 4 is 27.4 Å². The van der Waals surface area contributed by atoms with Crippen molar-refractivity contribution < 1.29 is 19.4 Å². The van der Waals surface area contributed by atoms with Crippen molar-refractivity contribution in [3.63, 3.8) is 0 Å². The maximum Gasteiger partial charge on any atom is 0.340 e. The monoisotopic (exact) mass is 306 g/mol. The van der Waals surface area contributed by atoms with Crippen LogP contribution in [0.25, 0.3) is 10.1 Å². The number of rotatable bonds is 4. The standard InChI is InChI=1S/C16H18O4S/c1-16(15(17)18,20-14-4-2-3-8-19-14)12-5-6-13-11(10-12)7-9-21-13/h5-7,9-10,14H,2-4,8H2,1H3,(H,17,18). The van der Waals surface area contributed by atoms with Crippen LogP contribution < -0.4 is 0 Å². The molecule has 2 unspecified atom stereocenters. The molecule has 0 radical (unpaired) electrons. The molecule has 112 valence electrons. The third-order valence-electron chi connectivity index (χ3n) is 3.92. The van der Waals surface area contributed by atoms with Gasteiger partial charge in [0, 0.05) is 11.3 Å². The molecule has 21 heavy (non-hydrogen) atoms. The summed E-state index contributed by atoms with van der Waals surface area (Å²) in [4.78, 5) is 11.8. The summed E-state index contributed by atoms with van der Waals surface area (Å²) in [6.07, 6.45) is 2.30. The molecule has 1 aliphatic rings. The maximum absolute atomic E-state index is 11.8. The Bertz CT molecular complexity index is 645. The molecule has 0 aliphatic carbocycles. The van der Waals surface area contributed by atoms with Crippen LogP contribution in [-0.4, -0.2) is 24.0 Å². The molecule has 0 amide bonds. The van der Waals surface area contributed by atoms with Crippen molar-refractivity contribution in [2.75, 3.05) is 6.61 Å². The topological polar surface area (TPSA) is 55.8 Å². The van der Waals surface area contributed by atoms with Crippen molar-refractivity contribution in [1.82, 2.24) is 0 Å².